The topological polar surface area (TPSA) is 19.7 Å². The second-order valence-electron chi connectivity index (χ2n) is 2.91. The van der Waals surface area contributed by atoms with Gasteiger partial charge in [-0.05, 0) is 5.80 Å². The van der Waals surface area contributed by atoms with Crippen molar-refractivity contribution in [1.29, 1.82) is 0 Å². The maximum atomic E-state index is 5.07. The first kappa shape index (κ1) is 8.67. The molecule has 0 radical (unpaired) electrons. The number of hydrogen-bond donors (Lipinski definition) is 1. The third kappa shape index (κ3) is 1.87. The summed E-state index contributed by atoms with van der Waals surface area (Å²) in [6, 6.07) is 4.16. The minimum absolute atomic E-state index is 0.637. The molecule has 0 spiro atoms. The molecular weight excluding hydrogens is 199 g/mol. The highest BCUT2D eigenvalue weighted by molar-refractivity contribution is 7.74. The molecule has 0 aromatic carbocycles. The van der Waals surface area contributed by atoms with Gasteiger partial charge in [0, 0.05) is 17.7 Å². The number of nitrogens with one attached hydrogen (secondary N) is 1. The number of rotatable bonds is 1. The minimum atomic E-state index is 0.637. The van der Waals surface area contributed by atoms with Crippen LogP contribution >= 0.6 is 20.4 Å². The third-order valence-corrected chi connectivity index (χ3v) is 3.16. The van der Waals surface area contributed by atoms with Crippen molar-refractivity contribution in [2.75, 3.05) is 0 Å². The lowest BCUT2D eigenvalue weighted by atomic mass is 10.2. The fourth-order valence-electron chi connectivity index (χ4n) is 1.17. The standard InChI is InChI=1S/C9H9N2PS/c1-11-4-2-7(3-5-11)8-6-12-9(13)10-8/h2-6,12H,1H3/p+1. The number of aromatic amines is 1. The van der Waals surface area contributed by atoms with E-state index in [1.54, 1.807) is 0 Å². The smallest absolute Gasteiger partial charge is 0.169 e. The fraction of sp³-hybridized carbons (Fsp3) is 0.111. The Bertz CT molecular complexity index is 455. The molecule has 0 aliphatic carbocycles. The van der Waals surface area contributed by atoms with E-state index in [1.807, 2.05) is 24.0 Å². The van der Waals surface area contributed by atoms with Gasteiger partial charge in [0.1, 0.15) is 11.4 Å². The maximum Gasteiger partial charge on any atom is 0.169 e. The molecule has 2 nitrogen and oxygen atoms in total. The van der Waals surface area contributed by atoms with Gasteiger partial charge >= 0.3 is 0 Å². The van der Waals surface area contributed by atoms with Crippen LogP contribution in [0, 0.1) is 4.37 Å². The van der Waals surface area contributed by atoms with E-state index in [9.17, 15) is 0 Å². The monoisotopic (exact) mass is 209 g/mol. The quantitative estimate of drug-likeness (QED) is 0.564. The molecule has 13 heavy (non-hydrogen) atoms. The number of nitrogens with zero attached hydrogens (tertiary/aromatic N) is 1. The molecular formula is C9H10N2PS+. The minimum Gasteiger partial charge on any atom is -0.343 e. The molecule has 1 unspecified atom stereocenters. The molecule has 1 atom stereocenters. The lowest BCUT2D eigenvalue weighted by molar-refractivity contribution is -0.671. The normalized spacial score (nSPS) is 10.8. The summed E-state index contributed by atoms with van der Waals surface area (Å²) in [5, 5.41) is 0. The average molecular weight is 209 g/mol. The van der Waals surface area contributed by atoms with Crippen LogP contribution < -0.4 is 4.57 Å². The summed E-state index contributed by atoms with van der Waals surface area (Å²) in [5.74, 6) is 2.15. The summed E-state index contributed by atoms with van der Waals surface area (Å²) in [6.07, 6.45) is 4.06. The van der Waals surface area contributed by atoms with Gasteiger partial charge in [0.2, 0.25) is 0 Å². The highest BCUT2D eigenvalue weighted by atomic mass is 32.1. The Hall–Kier alpha value is -0.920. The molecule has 4 heteroatoms. The van der Waals surface area contributed by atoms with E-state index >= 15 is 0 Å². The van der Waals surface area contributed by atoms with Crippen LogP contribution in [0.1, 0.15) is 0 Å². The summed E-state index contributed by atoms with van der Waals surface area (Å²) < 4.78 is 2.95. The van der Waals surface area contributed by atoms with E-state index < -0.39 is 0 Å². The van der Waals surface area contributed by atoms with Crippen LogP contribution in [0.5, 0.6) is 0 Å². The predicted octanol–water partition coefficient (Wildman–Crippen LogP) is 2.27. The van der Waals surface area contributed by atoms with Crippen molar-refractivity contribution in [3.63, 3.8) is 0 Å². The Morgan fingerprint density at radius 3 is 2.62 bits per heavy atom. The van der Waals surface area contributed by atoms with E-state index in [0.29, 0.717) is 8.19 Å². The number of pyridine rings is 1. The molecule has 2 aromatic rings. The summed E-state index contributed by atoms with van der Waals surface area (Å²) in [6.45, 7) is 0. The molecule has 2 rings (SSSR count). The van der Waals surface area contributed by atoms with Crippen molar-refractivity contribution in [2.24, 2.45) is 7.05 Å². The number of hydrogen-bond acceptors (Lipinski definition) is 1. The fourth-order valence-corrected chi connectivity index (χ4v) is 2.18. The number of H-pyrrole nitrogens is 1. The van der Waals surface area contributed by atoms with Crippen LogP contribution in [0.2, 0.25) is 0 Å². The van der Waals surface area contributed by atoms with Crippen LogP contribution in [0.3, 0.4) is 0 Å². The van der Waals surface area contributed by atoms with Crippen LogP contribution in [0.25, 0.3) is 11.3 Å². The van der Waals surface area contributed by atoms with Crippen molar-refractivity contribution in [3.05, 3.63) is 34.7 Å². The van der Waals surface area contributed by atoms with E-state index in [-0.39, 0.29) is 0 Å². The Balaban J connectivity index is 2.47. The van der Waals surface area contributed by atoms with Gasteiger partial charge in [0.05, 0.1) is 5.69 Å². The average Bonchev–Trinajstić information content (AvgIpc) is 2.53. The van der Waals surface area contributed by atoms with Crippen LogP contribution in [-0.4, -0.2) is 4.98 Å². The summed E-state index contributed by atoms with van der Waals surface area (Å²) in [4.78, 5) is 3.19. The van der Waals surface area contributed by atoms with E-state index in [2.05, 4.69) is 22.9 Å². The maximum absolute atomic E-state index is 5.07. The van der Waals surface area contributed by atoms with Crippen molar-refractivity contribution in [3.8, 4) is 11.3 Å². The molecule has 0 saturated carbocycles. The van der Waals surface area contributed by atoms with Gasteiger partial charge in [0.25, 0.3) is 0 Å². The lowest BCUT2D eigenvalue weighted by Gasteiger charge is -1.93. The molecule has 0 fully saturated rings. The van der Waals surface area contributed by atoms with Gasteiger partial charge in [-0.25, -0.2) is 4.57 Å². The first-order chi connectivity index (χ1) is 6.25. The third-order valence-electron chi connectivity index (χ3n) is 1.89. The Morgan fingerprint density at radius 1 is 1.38 bits per heavy atom. The Morgan fingerprint density at radius 2 is 2.08 bits per heavy atom. The molecule has 66 valence electrons. The predicted molar refractivity (Wildman–Crippen MR) is 57.7 cm³/mol. The Labute approximate surface area is 83.3 Å². The van der Waals surface area contributed by atoms with Crippen molar-refractivity contribution in [1.82, 2.24) is 4.98 Å². The summed E-state index contributed by atoms with van der Waals surface area (Å²) >= 11 is 5.07. The van der Waals surface area contributed by atoms with E-state index in [1.165, 1.54) is 5.56 Å². The zero-order valence-corrected chi connectivity index (χ0v) is 9.06. The molecule has 0 saturated heterocycles. The van der Waals surface area contributed by atoms with Crippen molar-refractivity contribution < 1.29 is 4.57 Å². The van der Waals surface area contributed by atoms with Gasteiger partial charge in [0.15, 0.2) is 12.4 Å². The SMILES string of the molecule is C[n+]1ccc(-c2c[pH]c(=S)[nH]2)cc1. The molecule has 0 aliphatic rings. The van der Waals surface area contributed by atoms with Gasteiger partial charge < -0.3 is 4.98 Å². The van der Waals surface area contributed by atoms with Gasteiger partial charge in [-0.15, -0.1) is 8.19 Å². The molecule has 2 heterocycles. The first-order valence-corrected chi connectivity index (χ1v) is 5.47. The number of aromatic nitrogens is 2. The van der Waals surface area contributed by atoms with Crippen molar-refractivity contribution >= 4 is 20.4 Å². The first-order valence-electron chi connectivity index (χ1n) is 3.99. The number of aryl methyl sites for hydroxylation is 1. The molecule has 2 aromatic heterocycles. The summed E-state index contributed by atoms with van der Waals surface area (Å²) in [7, 11) is 2.64. The largest absolute Gasteiger partial charge is 0.343 e. The zero-order valence-electron chi connectivity index (χ0n) is 7.24. The van der Waals surface area contributed by atoms with Crippen LogP contribution in [-0.2, 0) is 7.05 Å². The lowest BCUT2D eigenvalue weighted by Crippen LogP contribution is -2.25. The van der Waals surface area contributed by atoms with Gasteiger partial charge in [-0.2, -0.15) is 0 Å². The van der Waals surface area contributed by atoms with Gasteiger partial charge in [-0.3, -0.25) is 0 Å². The van der Waals surface area contributed by atoms with E-state index in [0.717, 1.165) is 10.1 Å². The van der Waals surface area contributed by atoms with Crippen LogP contribution in [0.15, 0.2) is 30.3 Å². The highest BCUT2D eigenvalue weighted by Gasteiger charge is 1.99. The summed E-state index contributed by atoms with van der Waals surface area (Å²) in [5.41, 5.74) is 2.34. The van der Waals surface area contributed by atoms with E-state index in [4.69, 9.17) is 12.2 Å². The molecule has 0 aliphatic heterocycles. The van der Waals surface area contributed by atoms with Crippen LogP contribution in [0.4, 0.5) is 0 Å². The molecule has 0 amide bonds. The Kier molecular flexibility index (Phi) is 2.30. The van der Waals surface area contributed by atoms with Crippen molar-refractivity contribution in [2.45, 2.75) is 0 Å². The molecule has 0 bridgehead atoms. The highest BCUT2D eigenvalue weighted by Crippen LogP contribution is 2.20. The second-order valence-corrected chi connectivity index (χ2v) is 4.76. The van der Waals surface area contributed by atoms with Gasteiger partial charge in [-0.1, -0.05) is 12.2 Å². The molecule has 1 N–H and O–H groups in total. The second kappa shape index (κ2) is 3.44. The zero-order chi connectivity index (χ0) is 9.26.